The Hall–Kier alpha value is -2.99. The van der Waals surface area contributed by atoms with Gasteiger partial charge in [0.05, 0.1) is 17.8 Å². The van der Waals surface area contributed by atoms with Gasteiger partial charge in [0.2, 0.25) is 0 Å². The molecule has 0 atom stereocenters. The Kier molecular flexibility index (Phi) is 4.50. The number of aromatic nitrogens is 2. The van der Waals surface area contributed by atoms with Crippen LogP contribution in [-0.4, -0.2) is 22.6 Å². The predicted octanol–water partition coefficient (Wildman–Crippen LogP) is 2.62. The van der Waals surface area contributed by atoms with E-state index in [0.717, 1.165) is 53.3 Å². The predicted molar refractivity (Wildman–Crippen MR) is 97.5 cm³/mol. The molecule has 1 aliphatic heterocycles. The third kappa shape index (κ3) is 3.23. The van der Waals surface area contributed by atoms with Crippen LogP contribution in [0.15, 0.2) is 47.1 Å². The number of nitrogens with one attached hydrogen (secondary N) is 2. The summed E-state index contributed by atoms with van der Waals surface area (Å²) in [5.74, 6) is 0.584. The number of fused-ring (bicyclic) bond motifs is 1. The molecule has 1 aliphatic rings. The van der Waals surface area contributed by atoms with Crippen molar-refractivity contribution in [3.63, 3.8) is 0 Å². The van der Waals surface area contributed by atoms with Gasteiger partial charge in [-0.2, -0.15) is 0 Å². The van der Waals surface area contributed by atoms with Crippen molar-refractivity contribution in [2.24, 2.45) is 0 Å². The van der Waals surface area contributed by atoms with Crippen LogP contribution in [0.25, 0.3) is 11.3 Å². The highest BCUT2D eigenvalue weighted by molar-refractivity contribution is 5.94. The van der Waals surface area contributed by atoms with Gasteiger partial charge in [0.1, 0.15) is 5.69 Å². The van der Waals surface area contributed by atoms with E-state index in [9.17, 15) is 4.79 Å². The number of carbonyl (C=O) groups excluding carboxylic acids is 1. The average molecular weight is 348 g/mol. The molecule has 132 valence electrons. The monoisotopic (exact) mass is 348 g/mol. The van der Waals surface area contributed by atoms with Crippen LogP contribution in [0.2, 0.25) is 0 Å². The van der Waals surface area contributed by atoms with Crippen molar-refractivity contribution in [2.45, 2.75) is 26.4 Å². The lowest BCUT2D eigenvalue weighted by molar-refractivity contribution is 0.0949. The van der Waals surface area contributed by atoms with E-state index in [0.29, 0.717) is 12.1 Å². The minimum absolute atomic E-state index is 0.150. The SMILES string of the molecule is Cc1c(CNC(=O)c2cnc3c(c2)CCNC3)noc1-c1ccccc1. The maximum absolute atomic E-state index is 12.5. The highest BCUT2D eigenvalue weighted by Gasteiger charge is 2.16. The van der Waals surface area contributed by atoms with E-state index in [1.807, 2.05) is 43.3 Å². The molecule has 0 aliphatic carbocycles. The molecular weight excluding hydrogens is 328 g/mol. The van der Waals surface area contributed by atoms with Crippen LogP contribution in [0.5, 0.6) is 0 Å². The molecule has 1 aromatic carbocycles. The molecule has 0 radical (unpaired) electrons. The summed E-state index contributed by atoms with van der Waals surface area (Å²) in [7, 11) is 0. The summed E-state index contributed by atoms with van der Waals surface area (Å²) < 4.78 is 5.47. The lowest BCUT2D eigenvalue weighted by atomic mass is 10.0. The number of hydrogen-bond donors (Lipinski definition) is 2. The largest absolute Gasteiger partial charge is 0.356 e. The number of amides is 1. The number of benzene rings is 1. The molecule has 2 aromatic heterocycles. The summed E-state index contributed by atoms with van der Waals surface area (Å²) >= 11 is 0. The number of carbonyl (C=O) groups is 1. The first kappa shape index (κ1) is 16.5. The smallest absolute Gasteiger partial charge is 0.253 e. The van der Waals surface area contributed by atoms with E-state index in [1.165, 1.54) is 0 Å². The molecule has 26 heavy (non-hydrogen) atoms. The molecule has 2 N–H and O–H groups in total. The van der Waals surface area contributed by atoms with E-state index >= 15 is 0 Å². The summed E-state index contributed by atoms with van der Waals surface area (Å²) in [6.07, 6.45) is 2.53. The highest BCUT2D eigenvalue weighted by Crippen LogP contribution is 2.25. The standard InChI is InChI=1S/C20H20N4O2/c1-13-17(24-26-19(13)14-5-3-2-4-6-14)12-23-20(25)16-9-15-7-8-21-11-18(15)22-10-16/h2-6,9-10,21H,7-8,11-12H2,1H3,(H,23,25). The van der Waals surface area contributed by atoms with Crippen molar-refractivity contribution in [1.29, 1.82) is 0 Å². The van der Waals surface area contributed by atoms with Crippen LogP contribution in [0.3, 0.4) is 0 Å². The molecule has 0 bridgehead atoms. The first-order valence-corrected chi connectivity index (χ1v) is 8.69. The molecule has 1 amide bonds. The first-order valence-electron chi connectivity index (χ1n) is 8.69. The number of hydrogen-bond acceptors (Lipinski definition) is 5. The first-order chi connectivity index (χ1) is 12.7. The van der Waals surface area contributed by atoms with Gasteiger partial charge in [-0.3, -0.25) is 9.78 Å². The lowest BCUT2D eigenvalue weighted by Crippen LogP contribution is -2.27. The van der Waals surface area contributed by atoms with Gasteiger partial charge in [-0.25, -0.2) is 0 Å². The van der Waals surface area contributed by atoms with Crippen LogP contribution in [-0.2, 0) is 19.5 Å². The Bertz CT molecular complexity index is 934. The molecule has 0 saturated carbocycles. The summed E-state index contributed by atoms with van der Waals surface area (Å²) in [5.41, 5.74) is 5.38. The van der Waals surface area contributed by atoms with Crippen molar-refractivity contribution in [2.75, 3.05) is 6.54 Å². The van der Waals surface area contributed by atoms with Crippen LogP contribution >= 0.6 is 0 Å². The molecule has 0 fully saturated rings. The molecular formula is C20H20N4O2. The zero-order valence-corrected chi connectivity index (χ0v) is 14.6. The van der Waals surface area contributed by atoms with Crippen LogP contribution < -0.4 is 10.6 Å². The maximum atomic E-state index is 12.5. The fourth-order valence-electron chi connectivity index (χ4n) is 3.13. The van der Waals surface area contributed by atoms with Crippen molar-refractivity contribution in [3.05, 3.63) is 70.7 Å². The van der Waals surface area contributed by atoms with Crippen molar-refractivity contribution < 1.29 is 9.32 Å². The fraction of sp³-hybridized carbons (Fsp3) is 0.250. The third-order valence-electron chi connectivity index (χ3n) is 4.66. The second-order valence-corrected chi connectivity index (χ2v) is 6.39. The second kappa shape index (κ2) is 7.09. The van der Waals surface area contributed by atoms with Gasteiger partial charge in [0.15, 0.2) is 5.76 Å². The van der Waals surface area contributed by atoms with Gasteiger partial charge in [-0.15, -0.1) is 0 Å². The fourth-order valence-corrected chi connectivity index (χ4v) is 3.13. The Morgan fingerprint density at radius 2 is 2.15 bits per heavy atom. The minimum atomic E-state index is -0.150. The normalized spacial score (nSPS) is 13.3. The zero-order valence-electron chi connectivity index (χ0n) is 14.6. The molecule has 0 unspecified atom stereocenters. The molecule has 3 heterocycles. The van der Waals surface area contributed by atoms with Crippen molar-refractivity contribution in [1.82, 2.24) is 20.8 Å². The Balaban J connectivity index is 1.46. The molecule has 0 spiro atoms. The van der Waals surface area contributed by atoms with Crippen molar-refractivity contribution in [3.8, 4) is 11.3 Å². The van der Waals surface area contributed by atoms with Crippen LogP contribution in [0.4, 0.5) is 0 Å². The van der Waals surface area contributed by atoms with Gasteiger partial charge in [-0.05, 0) is 31.5 Å². The number of nitrogens with zero attached hydrogens (tertiary/aromatic N) is 2. The van der Waals surface area contributed by atoms with E-state index in [-0.39, 0.29) is 5.91 Å². The zero-order chi connectivity index (χ0) is 17.9. The van der Waals surface area contributed by atoms with Gasteiger partial charge in [0.25, 0.3) is 5.91 Å². The molecule has 3 aromatic rings. The summed E-state index contributed by atoms with van der Waals surface area (Å²) in [6.45, 7) is 3.95. The molecule has 6 nitrogen and oxygen atoms in total. The number of rotatable bonds is 4. The molecule has 4 rings (SSSR count). The Labute approximate surface area is 151 Å². The van der Waals surface area contributed by atoms with Gasteiger partial charge in [0, 0.05) is 23.9 Å². The third-order valence-corrected chi connectivity index (χ3v) is 4.66. The lowest BCUT2D eigenvalue weighted by Gasteiger charge is -2.16. The Morgan fingerprint density at radius 1 is 1.31 bits per heavy atom. The maximum Gasteiger partial charge on any atom is 0.253 e. The summed E-state index contributed by atoms with van der Waals surface area (Å²) in [6, 6.07) is 11.8. The van der Waals surface area contributed by atoms with E-state index in [4.69, 9.17) is 4.52 Å². The highest BCUT2D eigenvalue weighted by atomic mass is 16.5. The Morgan fingerprint density at radius 3 is 3.00 bits per heavy atom. The summed E-state index contributed by atoms with van der Waals surface area (Å²) in [5, 5.41) is 10.3. The molecule has 0 saturated heterocycles. The average Bonchev–Trinajstić information content (AvgIpc) is 3.07. The summed E-state index contributed by atoms with van der Waals surface area (Å²) in [4.78, 5) is 16.9. The van der Waals surface area contributed by atoms with E-state index in [2.05, 4.69) is 20.8 Å². The van der Waals surface area contributed by atoms with Gasteiger partial charge < -0.3 is 15.2 Å². The topological polar surface area (TPSA) is 80.0 Å². The van der Waals surface area contributed by atoms with E-state index in [1.54, 1.807) is 6.20 Å². The van der Waals surface area contributed by atoms with Gasteiger partial charge >= 0.3 is 0 Å². The minimum Gasteiger partial charge on any atom is -0.356 e. The molecule has 6 heteroatoms. The van der Waals surface area contributed by atoms with Crippen molar-refractivity contribution >= 4 is 5.91 Å². The second-order valence-electron chi connectivity index (χ2n) is 6.39. The quantitative estimate of drug-likeness (QED) is 0.758. The number of pyridine rings is 1. The van der Waals surface area contributed by atoms with E-state index < -0.39 is 0 Å². The van der Waals surface area contributed by atoms with Gasteiger partial charge in [-0.1, -0.05) is 35.5 Å². The van der Waals surface area contributed by atoms with Crippen LogP contribution in [0.1, 0.15) is 32.9 Å². The van der Waals surface area contributed by atoms with Crippen LogP contribution in [0, 0.1) is 6.92 Å².